The van der Waals surface area contributed by atoms with E-state index < -0.39 is 11.9 Å². The molecule has 0 aromatic carbocycles. The molecule has 1 rings (SSSR count). The van der Waals surface area contributed by atoms with E-state index in [-0.39, 0.29) is 12.5 Å². The van der Waals surface area contributed by atoms with Crippen LogP contribution in [0.4, 0.5) is 0 Å². The molecule has 5 heteroatoms. The van der Waals surface area contributed by atoms with E-state index in [0.717, 1.165) is 24.1 Å². The normalized spacial score (nSPS) is 12.2. The summed E-state index contributed by atoms with van der Waals surface area (Å²) < 4.78 is 0. The maximum atomic E-state index is 12.6. The zero-order valence-electron chi connectivity index (χ0n) is 13.3. The van der Waals surface area contributed by atoms with E-state index in [1.54, 1.807) is 23.2 Å². The van der Waals surface area contributed by atoms with Gasteiger partial charge in [-0.3, -0.25) is 9.59 Å². The molecule has 1 atom stereocenters. The van der Waals surface area contributed by atoms with Gasteiger partial charge in [0.1, 0.15) is 0 Å². The van der Waals surface area contributed by atoms with Crippen molar-refractivity contribution >= 4 is 23.2 Å². The molecule has 0 saturated heterocycles. The van der Waals surface area contributed by atoms with Gasteiger partial charge in [-0.2, -0.15) is 0 Å². The number of nitrogens with zero attached hydrogens (tertiary/aromatic N) is 1. The van der Waals surface area contributed by atoms with Crippen LogP contribution < -0.4 is 0 Å². The Balaban J connectivity index is 2.91. The minimum absolute atomic E-state index is 0.0485. The third-order valence-corrected chi connectivity index (χ3v) is 4.78. The summed E-state index contributed by atoms with van der Waals surface area (Å²) in [7, 11) is 0. The molecule has 0 aliphatic carbocycles. The number of carboxylic acid groups (broad SMARTS) is 1. The van der Waals surface area contributed by atoms with Crippen LogP contribution in [0.2, 0.25) is 0 Å². The molecule has 1 unspecified atom stereocenters. The number of carboxylic acids is 1. The molecule has 0 bridgehead atoms. The largest absolute Gasteiger partial charge is 0.481 e. The monoisotopic (exact) mass is 311 g/mol. The standard InChI is InChI=1S/C16H25NO3S/c1-5-8-13-12(6-2)9-14(21-13)15(18)17(7-3)10-11(4)16(19)20/h9,11H,5-8,10H2,1-4H3,(H,19,20). The Morgan fingerprint density at radius 2 is 2.00 bits per heavy atom. The van der Waals surface area contributed by atoms with Gasteiger partial charge in [-0.05, 0) is 31.4 Å². The van der Waals surface area contributed by atoms with Crippen molar-refractivity contribution in [2.45, 2.75) is 47.0 Å². The Labute approximate surface area is 130 Å². The van der Waals surface area contributed by atoms with Crippen LogP contribution in [0.25, 0.3) is 0 Å². The molecule has 1 N–H and O–H groups in total. The number of amides is 1. The van der Waals surface area contributed by atoms with Gasteiger partial charge in [-0.15, -0.1) is 11.3 Å². The van der Waals surface area contributed by atoms with Crippen LogP contribution >= 0.6 is 11.3 Å². The van der Waals surface area contributed by atoms with Gasteiger partial charge in [0.2, 0.25) is 0 Å². The van der Waals surface area contributed by atoms with E-state index in [1.807, 2.05) is 13.0 Å². The zero-order chi connectivity index (χ0) is 16.0. The lowest BCUT2D eigenvalue weighted by Crippen LogP contribution is -2.36. The number of carbonyl (C=O) groups is 2. The second-order valence-electron chi connectivity index (χ2n) is 5.25. The molecule has 21 heavy (non-hydrogen) atoms. The molecule has 1 aromatic rings. The average molecular weight is 311 g/mol. The quantitative estimate of drug-likeness (QED) is 0.800. The van der Waals surface area contributed by atoms with Crippen molar-refractivity contribution in [3.8, 4) is 0 Å². The van der Waals surface area contributed by atoms with Crippen molar-refractivity contribution in [1.82, 2.24) is 4.90 Å². The molecule has 4 nitrogen and oxygen atoms in total. The average Bonchev–Trinajstić information content (AvgIpc) is 2.87. The molecule has 1 heterocycles. The molecule has 0 aliphatic heterocycles. The predicted octanol–water partition coefficient (Wildman–Crippen LogP) is 3.45. The van der Waals surface area contributed by atoms with Gasteiger partial charge in [-0.1, -0.05) is 27.2 Å². The van der Waals surface area contributed by atoms with E-state index >= 15 is 0 Å². The first kappa shape index (κ1) is 17.7. The number of carbonyl (C=O) groups excluding carboxylic acids is 1. The fraction of sp³-hybridized carbons (Fsp3) is 0.625. The summed E-state index contributed by atoms with van der Waals surface area (Å²) in [5.41, 5.74) is 1.24. The summed E-state index contributed by atoms with van der Waals surface area (Å²) in [6, 6.07) is 1.98. The molecular weight excluding hydrogens is 286 g/mol. The minimum atomic E-state index is -0.867. The summed E-state index contributed by atoms with van der Waals surface area (Å²) in [5.74, 6) is -1.46. The first-order valence-electron chi connectivity index (χ1n) is 7.58. The van der Waals surface area contributed by atoms with Gasteiger partial charge in [0.15, 0.2) is 0 Å². The van der Waals surface area contributed by atoms with Crippen molar-refractivity contribution in [3.05, 3.63) is 21.4 Å². The van der Waals surface area contributed by atoms with E-state index in [9.17, 15) is 9.59 Å². The van der Waals surface area contributed by atoms with Crippen LogP contribution in [0.3, 0.4) is 0 Å². The SMILES string of the molecule is CCCc1sc(C(=O)N(CC)CC(C)C(=O)O)cc1CC. The van der Waals surface area contributed by atoms with Crippen LogP contribution in [-0.4, -0.2) is 35.0 Å². The van der Waals surface area contributed by atoms with Crippen molar-refractivity contribution in [2.24, 2.45) is 5.92 Å². The van der Waals surface area contributed by atoms with Crippen molar-refractivity contribution in [1.29, 1.82) is 0 Å². The van der Waals surface area contributed by atoms with Gasteiger partial charge in [0.05, 0.1) is 10.8 Å². The molecule has 0 saturated carbocycles. The molecule has 0 fully saturated rings. The number of hydrogen-bond acceptors (Lipinski definition) is 3. The Hall–Kier alpha value is -1.36. The molecule has 1 amide bonds. The number of hydrogen-bond donors (Lipinski definition) is 1. The lowest BCUT2D eigenvalue weighted by Gasteiger charge is -2.22. The highest BCUT2D eigenvalue weighted by Crippen LogP contribution is 2.26. The number of rotatable bonds is 8. The number of aliphatic carboxylic acids is 1. The summed E-state index contributed by atoms with van der Waals surface area (Å²) in [6.45, 7) is 8.53. The minimum Gasteiger partial charge on any atom is -0.481 e. The summed E-state index contributed by atoms with van der Waals surface area (Å²) in [4.78, 5) is 27.2. The summed E-state index contributed by atoms with van der Waals surface area (Å²) in [5, 5.41) is 9.00. The van der Waals surface area contributed by atoms with Gasteiger partial charge in [-0.25, -0.2) is 0 Å². The van der Waals surface area contributed by atoms with Gasteiger partial charge < -0.3 is 10.0 Å². The molecule has 1 aromatic heterocycles. The maximum absolute atomic E-state index is 12.6. The number of thiophene rings is 1. The molecule has 0 radical (unpaired) electrons. The van der Waals surface area contributed by atoms with E-state index in [2.05, 4.69) is 13.8 Å². The summed E-state index contributed by atoms with van der Waals surface area (Å²) in [6.07, 6.45) is 2.99. The van der Waals surface area contributed by atoms with E-state index in [0.29, 0.717) is 6.54 Å². The first-order valence-corrected chi connectivity index (χ1v) is 8.39. The van der Waals surface area contributed by atoms with Crippen LogP contribution in [0.15, 0.2) is 6.07 Å². The molecule has 118 valence electrons. The molecule has 0 spiro atoms. The Kier molecular flexibility index (Phi) is 6.89. The van der Waals surface area contributed by atoms with Crippen LogP contribution in [0.1, 0.15) is 54.2 Å². The van der Waals surface area contributed by atoms with Crippen LogP contribution in [0.5, 0.6) is 0 Å². The van der Waals surface area contributed by atoms with Crippen LogP contribution in [0, 0.1) is 5.92 Å². The number of aryl methyl sites for hydroxylation is 2. The van der Waals surface area contributed by atoms with Crippen LogP contribution in [-0.2, 0) is 17.6 Å². The third kappa shape index (κ3) is 4.56. The topological polar surface area (TPSA) is 57.6 Å². The first-order chi connectivity index (χ1) is 9.94. The fourth-order valence-corrected chi connectivity index (χ4v) is 3.55. The maximum Gasteiger partial charge on any atom is 0.308 e. The van der Waals surface area contributed by atoms with E-state index in [1.165, 1.54) is 10.4 Å². The Morgan fingerprint density at radius 3 is 2.48 bits per heavy atom. The third-order valence-electron chi connectivity index (χ3n) is 3.55. The van der Waals surface area contributed by atoms with Gasteiger partial charge in [0, 0.05) is 18.0 Å². The fourth-order valence-electron chi connectivity index (χ4n) is 2.23. The van der Waals surface area contributed by atoms with Gasteiger partial charge >= 0.3 is 5.97 Å². The lowest BCUT2D eigenvalue weighted by atomic mass is 10.1. The van der Waals surface area contributed by atoms with Crippen molar-refractivity contribution < 1.29 is 14.7 Å². The second-order valence-corrected chi connectivity index (χ2v) is 6.38. The van der Waals surface area contributed by atoms with Gasteiger partial charge in [0.25, 0.3) is 5.91 Å². The van der Waals surface area contributed by atoms with Crippen molar-refractivity contribution in [3.63, 3.8) is 0 Å². The lowest BCUT2D eigenvalue weighted by molar-refractivity contribution is -0.141. The van der Waals surface area contributed by atoms with E-state index in [4.69, 9.17) is 5.11 Å². The zero-order valence-corrected chi connectivity index (χ0v) is 14.1. The Morgan fingerprint density at radius 1 is 1.33 bits per heavy atom. The highest BCUT2D eigenvalue weighted by atomic mass is 32.1. The van der Waals surface area contributed by atoms with Crippen molar-refractivity contribution in [2.75, 3.05) is 13.1 Å². The highest BCUT2D eigenvalue weighted by molar-refractivity contribution is 7.14. The summed E-state index contributed by atoms with van der Waals surface area (Å²) >= 11 is 1.56. The molecular formula is C16H25NO3S. The Bertz CT molecular complexity index is 496. The second kappa shape index (κ2) is 8.17. The molecule has 0 aliphatic rings. The predicted molar refractivity (Wildman–Crippen MR) is 86.1 cm³/mol. The highest BCUT2D eigenvalue weighted by Gasteiger charge is 2.22. The smallest absolute Gasteiger partial charge is 0.308 e.